The molecule has 1 fully saturated rings. The molecule has 1 nitrogen and oxygen atoms in total. The Balaban J connectivity index is 1.94. The summed E-state index contributed by atoms with van der Waals surface area (Å²) >= 11 is 1.82. The Kier molecular flexibility index (Phi) is 5.05. The lowest BCUT2D eigenvalue weighted by Gasteiger charge is -2.34. The van der Waals surface area contributed by atoms with Crippen LogP contribution in [0.3, 0.4) is 0 Å². The fourth-order valence-corrected chi connectivity index (χ4v) is 3.76. The lowest BCUT2D eigenvalue weighted by molar-refractivity contribution is 0.270. The smallest absolute Gasteiger partial charge is 0.0184 e. The zero-order chi connectivity index (χ0) is 12.0. The van der Waals surface area contributed by atoms with Gasteiger partial charge in [-0.3, -0.25) is 0 Å². The molecule has 0 amide bonds. The number of hydrogen-bond donors (Lipinski definition) is 1. The second-order valence-corrected chi connectivity index (χ2v) is 6.18. The second-order valence-electron chi connectivity index (χ2n) is 5.40. The summed E-state index contributed by atoms with van der Waals surface area (Å²) in [5, 5.41) is 8.36. The quantitative estimate of drug-likeness (QED) is 0.818. The Hall–Kier alpha value is -0.340. The molecule has 1 aromatic rings. The molecular weight excluding hydrogens is 226 g/mol. The van der Waals surface area contributed by atoms with E-state index in [0.717, 1.165) is 0 Å². The molecule has 1 aromatic heterocycles. The third-order valence-electron chi connectivity index (χ3n) is 4.03. The van der Waals surface area contributed by atoms with Crippen LogP contribution in [0.2, 0.25) is 0 Å². The molecule has 1 atom stereocenters. The first-order valence-electron chi connectivity index (χ1n) is 7.11. The molecule has 0 aliphatic carbocycles. The average molecular weight is 251 g/mol. The van der Waals surface area contributed by atoms with E-state index in [4.69, 9.17) is 0 Å². The van der Waals surface area contributed by atoms with Crippen LogP contribution in [0.1, 0.15) is 57.4 Å². The Morgan fingerprint density at radius 2 is 2.24 bits per heavy atom. The average Bonchev–Trinajstić information content (AvgIpc) is 2.75. The maximum absolute atomic E-state index is 3.86. The van der Waals surface area contributed by atoms with E-state index in [0.29, 0.717) is 5.54 Å². The van der Waals surface area contributed by atoms with Crippen molar-refractivity contribution in [2.24, 2.45) is 0 Å². The van der Waals surface area contributed by atoms with E-state index in [2.05, 4.69) is 29.1 Å². The number of nitrogens with one attached hydrogen (secondary N) is 1. The highest BCUT2D eigenvalue weighted by Crippen LogP contribution is 2.29. The van der Waals surface area contributed by atoms with Crippen molar-refractivity contribution in [1.82, 2.24) is 5.32 Å². The molecule has 1 saturated heterocycles. The highest BCUT2D eigenvalue weighted by molar-refractivity contribution is 7.07. The van der Waals surface area contributed by atoms with Crippen molar-refractivity contribution in [2.75, 3.05) is 6.54 Å². The molecule has 2 heteroatoms. The molecule has 1 N–H and O–H groups in total. The molecule has 0 saturated carbocycles. The van der Waals surface area contributed by atoms with E-state index in [1.807, 2.05) is 11.3 Å². The number of thiophene rings is 1. The molecule has 0 aromatic carbocycles. The van der Waals surface area contributed by atoms with E-state index in [-0.39, 0.29) is 0 Å². The van der Waals surface area contributed by atoms with Crippen molar-refractivity contribution in [3.05, 3.63) is 22.4 Å². The van der Waals surface area contributed by atoms with E-state index in [1.165, 1.54) is 63.5 Å². The van der Waals surface area contributed by atoms with Crippen LogP contribution in [0.4, 0.5) is 0 Å². The van der Waals surface area contributed by atoms with Crippen LogP contribution in [0, 0.1) is 0 Å². The summed E-state index contributed by atoms with van der Waals surface area (Å²) in [5.74, 6) is 0. The highest BCUT2D eigenvalue weighted by Gasteiger charge is 2.28. The minimum absolute atomic E-state index is 0.438. The highest BCUT2D eigenvalue weighted by atomic mass is 32.1. The van der Waals surface area contributed by atoms with Gasteiger partial charge in [-0.15, -0.1) is 0 Å². The number of rotatable bonds is 5. The van der Waals surface area contributed by atoms with Gasteiger partial charge in [0, 0.05) is 5.54 Å². The van der Waals surface area contributed by atoms with Gasteiger partial charge in [0.15, 0.2) is 0 Å². The first-order valence-corrected chi connectivity index (χ1v) is 8.05. The molecule has 2 rings (SSSR count). The fourth-order valence-electron chi connectivity index (χ4n) is 3.06. The molecule has 0 spiro atoms. The van der Waals surface area contributed by atoms with E-state index in [1.54, 1.807) is 0 Å². The Morgan fingerprint density at radius 1 is 1.29 bits per heavy atom. The third-order valence-corrected chi connectivity index (χ3v) is 4.77. The minimum Gasteiger partial charge on any atom is -0.311 e. The van der Waals surface area contributed by atoms with Crippen molar-refractivity contribution in [2.45, 2.75) is 63.8 Å². The predicted octanol–water partition coefficient (Wildman–Crippen LogP) is 4.38. The van der Waals surface area contributed by atoms with E-state index < -0.39 is 0 Å². The van der Waals surface area contributed by atoms with Gasteiger partial charge in [0.05, 0.1) is 0 Å². The molecular formula is C15H25NS. The maximum atomic E-state index is 3.86. The van der Waals surface area contributed by atoms with Gasteiger partial charge >= 0.3 is 0 Å². The molecule has 96 valence electrons. The molecule has 2 heterocycles. The topological polar surface area (TPSA) is 12.0 Å². The van der Waals surface area contributed by atoms with Gasteiger partial charge in [0.25, 0.3) is 0 Å². The van der Waals surface area contributed by atoms with Gasteiger partial charge in [-0.05, 0) is 61.0 Å². The van der Waals surface area contributed by atoms with Gasteiger partial charge < -0.3 is 5.32 Å². The summed E-state index contributed by atoms with van der Waals surface area (Å²) in [4.78, 5) is 0. The van der Waals surface area contributed by atoms with Crippen LogP contribution >= 0.6 is 11.3 Å². The van der Waals surface area contributed by atoms with E-state index >= 15 is 0 Å². The van der Waals surface area contributed by atoms with Gasteiger partial charge in [-0.2, -0.15) is 11.3 Å². The molecule has 1 unspecified atom stereocenters. The van der Waals surface area contributed by atoms with Crippen LogP contribution in [0.5, 0.6) is 0 Å². The number of hydrogen-bond acceptors (Lipinski definition) is 2. The van der Waals surface area contributed by atoms with Gasteiger partial charge in [-0.25, -0.2) is 0 Å². The zero-order valence-corrected chi connectivity index (χ0v) is 11.8. The zero-order valence-electron chi connectivity index (χ0n) is 11.0. The van der Waals surface area contributed by atoms with Crippen molar-refractivity contribution in [1.29, 1.82) is 0 Å². The largest absolute Gasteiger partial charge is 0.311 e. The first kappa shape index (κ1) is 13.1. The fraction of sp³-hybridized carbons (Fsp3) is 0.733. The van der Waals surface area contributed by atoms with Crippen molar-refractivity contribution in [3.8, 4) is 0 Å². The Bertz CT molecular complexity index is 297. The second kappa shape index (κ2) is 6.55. The molecule has 17 heavy (non-hydrogen) atoms. The Labute approximate surface area is 110 Å². The van der Waals surface area contributed by atoms with Crippen LogP contribution in [-0.2, 0) is 6.42 Å². The van der Waals surface area contributed by atoms with Crippen molar-refractivity contribution in [3.63, 3.8) is 0 Å². The van der Waals surface area contributed by atoms with Crippen LogP contribution in [0.15, 0.2) is 16.8 Å². The van der Waals surface area contributed by atoms with Crippen molar-refractivity contribution < 1.29 is 0 Å². The van der Waals surface area contributed by atoms with Gasteiger partial charge in [0.2, 0.25) is 0 Å². The lowest BCUT2D eigenvalue weighted by Crippen LogP contribution is -2.44. The Morgan fingerprint density at radius 3 is 3.00 bits per heavy atom. The summed E-state index contributed by atoms with van der Waals surface area (Å²) in [6.45, 7) is 3.54. The number of aryl methyl sites for hydroxylation is 1. The summed E-state index contributed by atoms with van der Waals surface area (Å²) in [6, 6.07) is 2.28. The predicted molar refractivity (Wildman–Crippen MR) is 76.7 cm³/mol. The van der Waals surface area contributed by atoms with Crippen LogP contribution in [-0.4, -0.2) is 12.1 Å². The first-order chi connectivity index (χ1) is 8.35. The summed E-state index contributed by atoms with van der Waals surface area (Å²) in [5.41, 5.74) is 1.96. The third kappa shape index (κ3) is 3.82. The molecule has 1 aliphatic rings. The monoisotopic (exact) mass is 251 g/mol. The summed E-state index contributed by atoms with van der Waals surface area (Å²) in [6.07, 6.45) is 10.8. The van der Waals surface area contributed by atoms with Gasteiger partial charge in [-0.1, -0.05) is 26.2 Å². The summed E-state index contributed by atoms with van der Waals surface area (Å²) in [7, 11) is 0. The summed E-state index contributed by atoms with van der Waals surface area (Å²) < 4.78 is 0. The molecule has 0 bridgehead atoms. The SMILES string of the molecule is CCCC1(CCc2ccsc2)CCCCCN1. The standard InChI is InChI=1S/C15H25NS/c1-2-8-15(9-4-3-5-11-16-15)10-6-14-7-12-17-13-14/h7,12-13,16H,2-6,8-11H2,1H3. The molecule has 0 radical (unpaired) electrons. The lowest BCUT2D eigenvalue weighted by atomic mass is 9.83. The van der Waals surface area contributed by atoms with Crippen LogP contribution in [0.25, 0.3) is 0 Å². The van der Waals surface area contributed by atoms with E-state index in [9.17, 15) is 0 Å². The maximum Gasteiger partial charge on any atom is 0.0184 e. The normalized spacial score (nSPS) is 25.7. The molecule has 1 aliphatic heterocycles. The van der Waals surface area contributed by atoms with Crippen LogP contribution < -0.4 is 5.32 Å². The van der Waals surface area contributed by atoms with Crippen molar-refractivity contribution >= 4 is 11.3 Å². The van der Waals surface area contributed by atoms with Gasteiger partial charge in [0.1, 0.15) is 0 Å². The minimum atomic E-state index is 0.438.